The molecule has 36 heavy (non-hydrogen) atoms. The number of alkyl halides is 2. The molecule has 12 heteroatoms. The monoisotopic (exact) mass is 595 g/mol. The zero-order valence-corrected chi connectivity index (χ0v) is 21.7. The van der Waals surface area contributed by atoms with Crippen molar-refractivity contribution in [1.82, 2.24) is 10.9 Å². The zero-order valence-electron chi connectivity index (χ0n) is 18.6. The van der Waals surface area contributed by atoms with Gasteiger partial charge in [-0.25, -0.2) is 4.79 Å². The van der Waals surface area contributed by atoms with Crippen molar-refractivity contribution in [3.63, 3.8) is 0 Å². The van der Waals surface area contributed by atoms with E-state index in [4.69, 9.17) is 27.9 Å². The molecule has 1 saturated heterocycles. The molecule has 0 aromatic heterocycles. The van der Waals surface area contributed by atoms with E-state index in [0.29, 0.717) is 24.1 Å². The number of hydrogen-bond acceptors (Lipinski definition) is 6. The fourth-order valence-electron chi connectivity index (χ4n) is 4.15. The van der Waals surface area contributed by atoms with Crippen LogP contribution in [0.25, 0.3) is 0 Å². The minimum Gasteiger partial charge on any atom is -0.452 e. The van der Waals surface area contributed by atoms with Gasteiger partial charge in [-0.3, -0.25) is 34.9 Å². The van der Waals surface area contributed by atoms with Crippen molar-refractivity contribution in [2.45, 2.75) is 23.6 Å². The summed E-state index contributed by atoms with van der Waals surface area (Å²) >= 11 is 15.7. The molecule has 0 radical (unpaired) electrons. The smallest absolute Gasteiger partial charge is 0.338 e. The Hall–Kier alpha value is -2.95. The molecule has 1 aliphatic carbocycles. The molecule has 1 heterocycles. The van der Waals surface area contributed by atoms with Gasteiger partial charge < -0.3 is 4.74 Å². The van der Waals surface area contributed by atoms with Crippen LogP contribution < -0.4 is 15.8 Å². The second-order valence-electron chi connectivity index (χ2n) is 8.36. The minimum absolute atomic E-state index is 0.114. The number of rotatable bonds is 5. The summed E-state index contributed by atoms with van der Waals surface area (Å²) in [6.45, 7) is -0.632. The third-order valence-corrected chi connectivity index (χ3v) is 7.65. The summed E-state index contributed by atoms with van der Waals surface area (Å²) in [6, 6.07) is 12.2. The van der Waals surface area contributed by atoms with E-state index in [1.165, 1.54) is 24.3 Å². The maximum Gasteiger partial charge on any atom is 0.338 e. The van der Waals surface area contributed by atoms with Gasteiger partial charge in [-0.05, 0) is 61.4 Å². The molecule has 0 spiro atoms. The third kappa shape index (κ3) is 5.55. The molecular formula is C24H20BrCl2N3O6. The summed E-state index contributed by atoms with van der Waals surface area (Å²) in [5, 5.41) is -0.763. The van der Waals surface area contributed by atoms with E-state index in [-0.39, 0.29) is 28.1 Å². The Morgan fingerprint density at radius 2 is 1.39 bits per heavy atom. The number of nitrogens with one attached hydrogen (secondary N) is 2. The van der Waals surface area contributed by atoms with Crippen molar-refractivity contribution < 1.29 is 28.7 Å². The van der Waals surface area contributed by atoms with Crippen LogP contribution in [0.5, 0.6) is 0 Å². The molecule has 0 bridgehead atoms. The molecule has 188 valence electrons. The number of carbonyl (C=O) groups excluding carboxylic acids is 5. The maximum atomic E-state index is 12.8. The van der Waals surface area contributed by atoms with E-state index < -0.39 is 36.2 Å². The van der Waals surface area contributed by atoms with E-state index in [2.05, 4.69) is 26.8 Å². The molecule has 2 fully saturated rings. The number of fused-ring (bicyclic) bond motifs is 1. The zero-order chi connectivity index (χ0) is 26.0. The topological polar surface area (TPSA) is 122 Å². The van der Waals surface area contributed by atoms with Crippen LogP contribution in [0.4, 0.5) is 5.69 Å². The summed E-state index contributed by atoms with van der Waals surface area (Å²) in [4.78, 5) is 63.0. The second-order valence-corrected chi connectivity index (χ2v) is 10.4. The quantitative estimate of drug-likeness (QED) is 0.237. The number of nitrogens with zero attached hydrogens (tertiary/aromatic N) is 1. The number of imide groups is 1. The number of carbonyl (C=O) groups is 5. The van der Waals surface area contributed by atoms with Gasteiger partial charge in [-0.1, -0.05) is 15.9 Å². The number of esters is 1. The highest BCUT2D eigenvalue weighted by molar-refractivity contribution is 9.10. The third-order valence-electron chi connectivity index (χ3n) is 6.03. The van der Waals surface area contributed by atoms with Crippen LogP contribution in [0.15, 0.2) is 53.0 Å². The van der Waals surface area contributed by atoms with E-state index in [9.17, 15) is 24.0 Å². The van der Waals surface area contributed by atoms with Crippen LogP contribution in [0, 0.1) is 11.8 Å². The second kappa shape index (κ2) is 11.0. The number of hydrazine groups is 1. The van der Waals surface area contributed by atoms with Gasteiger partial charge in [-0.2, -0.15) is 0 Å². The van der Waals surface area contributed by atoms with Crippen LogP contribution in [0.3, 0.4) is 0 Å². The van der Waals surface area contributed by atoms with Crippen molar-refractivity contribution in [3.8, 4) is 0 Å². The fourth-order valence-corrected chi connectivity index (χ4v) is 5.00. The summed E-state index contributed by atoms with van der Waals surface area (Å²) in [6.07, 6.45) is 0.662. The van der Waals surface area contributed by atoms with Crippen molar-refractivity contribution in [1.29, 1.82) is 0 Å². The molecule has 4 rings (SSSR count). The molecule has 2 aromatic rings. The SMILES string of the molecule is O=C(COC(=O)c1ccc(N2C(=O)[C@H]3C[C@@H](Cl)[C@@H](Cl)C[C@H]3C2=O)cc1)NNC(=O)c1ccc(Br)cc1. The van der Waals surface area contributed by atoms with Crippen LogP contribution >= 0.6 is 39.1 Å². The molecule has 1 saturated carbocycles. The number of amides is 4. The van der Waals surface area contributed by atoms with Gasteiger partial charge in [0, 0.05) is 10.0 Å². The van der Waals surface area contributed by atoms with Gasteiger partial charge in [0.1, 0.15) is 0 Å². The lowest BCUT2D eigenvalue weighted by Crippen LogP contribution is -2.43. The first-order valence-electron chi connectivity index (χ1n) is 10.9. The van der Waals surface area contributed by atoms with Crippen LogP contribution in [-0.4, -0.2) is 47.0 Å². The van der Waals surface area contributed by atoms with Crippen LogP contribution in [-0.2, 0) is 19.1 Å². The predicted molar refractivity (Wildman–Crippen MR) is 134 cm³/mol. The van der Waals surface area contributed by atoms with Crippen LogP contribution in [0.2, 0.25) is 0 Å². The average Bonchev–Trinajstić information content (AvgIpc) is 3.10. The van der Waals surface area contributed by atoms with Crippen LogP contribution in [0.1, 0.15) is 33.6 Å². The molecule has 4 amide bonds. The lowest BCUT2D eigenvalue weighted by Gasteiger charge is -2.28. The average molecular weight is 597 g/mol. The van der Waals surface area contributed by atoms with E-state index in [1.807, 2.05) is 0 Å². The molecule has 1 aliphatic heterocycles. The molecule has 2 aromatic carbocycles. The first-order chi connectivity index (χ1) is 17.2. The molecular weight excluding hydrogens is 577 g/mol. The van der Waals surface area contributed by atoms with Crippen molar-refractivity contribution in [3.05, 3.63) is 64.1 Å². The number of halogens is 3. The summed E-state index contributed by atoms with van der Waals surface area (Å²) in [5.41, 5.74) is 5.15. The van der Waals surface area contributed by atoms with Gasteiger partial charge in [0.05, 0.1) is 33.8 Å². The highest BCUT2D eigenvalue weighted by Crippen LogP contribution is 2.43. The predicted octanol–water partition coefficient (Wildman–Crippen LogP) is 3.18. The van der Waals surface area contributed by atoms with Gasteiger partial charge >= 0.3 is 5.97 Å². The fraction of sp³-hybridized carbons (Fsp3) is 0.292. The Labute approximate surface area is 224 Å². The normalized spacial score (nSPS) is 23.1. The largest absolute Gasteiger partial charge is 0.452 e. The Morgan fingerprint density at radius 1 is 0.861 bits per heavy atom. The van der Waals surface area contributed by atoms with Crippen molar-refractivity contribution >= 4 is 74.4 Å². The molecule has 2 N–H and O–H groups in total. The van der Waals surface area contributed by atoms with E-state index >= 15 is 0 Å². The Bertz CT molecular complexity index is 1180. The molecule has 0 unspecified atom stereocenters. The number of hydrogen-bond donors (Lipinski definition) is 2. The van der Waals surface area contributed by atoms with Gasteiger partial charge in [0.15, 0.2) is 6.61 Å². The molecule has 9 nitrogen and oxygen atoms in total. The molecule has 4 atom stereocenters. The van der Waals surface area contributed by atoms with Gasteiger partial charge in [0.25, 0.3) is 11.8 Å². The van der Waals surface area contributed by atoms with Crippen molar-refractivity contribution in [2.75, 3.05) is 11.5 Å². The van der Waals surface area contributed by atoms with Crippen molar-refractivity contribution in [2.24, 2.45) is 11.8 Å². The summed E-state index contributed by atoms with van der Waals surface area (Å²) < 4.78 is 5.77. The molecule has 2 aliphatic rings. The highest BCUT2D eigenvalue weighted by atomic mass is 79.9. The standard InChI is InChI=1S/C24H20BrCl2N3O6/c25-14-5-1-12(2-6-14)21(32)29-28-20(31)11-36-24(35)13-3-7-15(8-4-13)30-22(33)16-9-18(26)19(27)10-17(16)23(30)34/h1-8,16-19H,9-11H2,(H,28,31)(H,29,32)/t16-,17+,18+,19-. The number of anilines is 1. The van der Waals surface area contributed by atoms with E-state index in [1.54, 1.807) is 24.3 Å². The Balaban J connectivity index is 1.29. The number of ether oxygens (including phenoxy) is 1. The van der Waals surface area contributed by atoms with E-state index in [0.717, 1.165) is 9.37 Å². The van der Waals surface area contributed by atoms with Gasteiger partial charge in [0.2, 0.25) is 11.8 Å². The lowest BCUT2D eigenvalue weighted by atomic mass is 9.80. The summed E-state index contributed by atoms with van der Waals surface area (Å²) in [5.74, 6) is -3.76. The highest BCUT2D eigenvalue weighted by Gasteiger charge is 2.52. The lowest BCUT2D eigenvalue weighted by molar-refractivity contribution is -0.125. The van der Waals surface area contributed by atoms with Gasteiger partial charge in [-0.15, -0.1) is 23.2 Å². The first-order valence-corrected chi connectivity index (χ1v) is 12.6. The number of benzene rings is 2. The Morgan fingerprint density at radius 3 is 1.94 bits per heavy atom. The summed E-state index contributed by atoms with van der Waals surface area (Å²) in [7, 11) is 0. The maximum absolute atomic E-state index is 12.8. The Kier molecular flexibility index (Phi) is 7.97. The minimum atomic E-state index is -0.793. The first kappa shape index (κ1) is 26.1.